The number of carbonyl (C=O) groups is 1. The van der Waals surface area contributed by atoms with E-state index in [1.807, 2.05) is 32.9 Å². The molecule has 0 aliphatic carbocycles. The van der Waals surface area contributed by atoms with Crippen molar-refractivity contribution in [3.8, 4) is 5.75 Å². The van der Waals surface area contributed by atoms with Gasteiger partial charge in [-0.2, -0.15) is 0 Å². The van der Waals surface area contributed by atoms with E-state index in [0.29, 0.717) is 5.75 Å². The maximum atomic E-state index is 11.2. The van der Waals surface area contributed by atoms with E-state index in [2.05, 4.69) is 6.58 Å². The number of hydrogen-bond acceptors (Lipinski definition) is 2. The minimum absolute atomic E-state index is 0.444. The average molecular weight is 253 g/mol. The molecule has 0 aliphatic rings. The normalized spacial score (nSPS) is 13.9. The molecule has 0 heterocycles. The second-order valence-corrected chi connectivity index (χ2v) is 4.94. The van der Waals surface area contributed by atoms with Crippen LogP contribution in [0.2, 0.25) is 0 Å². The van der Waals surface area contributed by atoms with Gasteiger partial charge in [0.2, 0.25) is 0 Å². The number of benzene rings is 1. The monoisotopic (exact) mass is 252 g/mol. The van der Waals surface area contributed by atoms with Crippen molar-refractivity contribution >= 4 is 17.6 Å². The summed E-state index contributed by atoms with van der Waals surface area (Å²) in [5.41, 5.74) is 1.87. The first-order chi connectivity index (χ1) is 7.92. The van der Waals surface area contributed by atoms with E-state index in [1.54, 1.807) is 6.07 Å². The van der Waals surface area contributed by atoms with Crippen molar-refractivity contribution in [3.05, 3.63) is 42.0 Å². The summed E-state index contributed by atoms with van der Waals surface area (Å²) in [5, 5.41) is 0. The van der Waals surface area contributed by atoms with Gasteiger partial charge in [-0.3, -0.25) is 0 Å². The highest BCUT2D eigenvalue weighted by Gasteiger charge is 2.24. The molecule has 1 rings (SSSR count). The summed E-state index contributed by atoms with van der Waals surface area (Å²) >= 11 is 6.43. The van der Waals surface area contributed by atoms with E-state index in [4.69, 9.17) is 16.3 Å². The number of halogens is 1. The molecule has 0 saturated carbocycles. The van der Waals surface area contributed by atoms with E-state index in [-0.39, 0.29) is 0 Å². The first-order valence-electron chi connectivity index (χ1n) is 5.55. The average Bonchev–Trinajstić information content (AvgIpc) is 2.31. The van der Waals surface area contributed by atoms with Gasteiger partial charge in [-0.05, 0) is 37.5 Å². The van der Waals surface area contributed by atoms with Crippen molar-refractivity contribution in [1.29, 1.82) is 0 Å². The molecular formula is C14H17ClO2. The lowest BCUT2D eigenvalue weighted by atomic mass is 9.93. The number of rotatable bonds is 4. The SMILES string of the molecule is C=CC(=O)Oc1cccc(C(C)(Cl)CC)c1C. The fourth-order valence-corrected chi connectivity index (χ4v) is 1.83. The van der Waals surface area contributed by atoms with Crippen LogP contribution in [-0.2, 0) is 9.67 Å². The van der Waals surface area contributed by atoms with Crippen LogP contribution >= 0.6 is 11.6 Å². The number of alkyl halides is 1. The Kier molecular flexibility index (Phi) is 4.35. The highest BCUT2D eigenvalue weighted by atomic mass is 35.5. The Morgan fingerprint density at radius 1 is 1.59 bits per heavy atom. The van der Waals surface area contributed by atoms with Gasteiger partial charge in [0.1, 0.15) is 5.75 Å². The van der Waals surface area contributed by atoms with E-state index in [9.17, 15) is 4.79 Å². The smallest absolute Gasteiger partial charge is 0.335 e. The lowest BCUT2D eigenvalue weighted by Crippen LogP contribution is -2.15. The number of esters is 1. The molecular weight excluding hydrogens is 236 g/mol. The molecule has 1 unspecified atom stereocenters. The van der Waals surface area contributed by atoms with Gasteiger partial charge in [-0.25, -0.2) is 4.79 Å². The van der Waals surface area contributed by atoms with E-state index in [0.717, 1.165) is 23.6 Å². The summed E-state index contributed by atoms with van der Waals surface area (Å²) < 4.78 is 5.16. The number of ether oxygens (including phenoxy) is 1. The molecule has 2 nitrogen and oxygen atoms in total. The van der Waals surface area contributed by atoms with Gasteiger partial charge in [-0.1, -0.05) is 25.6 Å². The second kappa shape index (κ2) is 5.37. The van der Waals surface area contributed by atoms with Crippen molar-refractivity contribution < 1.29 is 9.53 Å². The minimum Gasteiger partial charge on any atom is -0.423 e. The fraction of sp³-hybridized carbons (Fsp3) is 0.357. The molecule has 1 aromatic carbocycles. The van der Waals surface area contributed by atoms with Crippen molar-refractivity contribution in [2.24, 2.45) is 0 Å². The topological polar surface area (TPSA) is 26.3 Å². The minimum atomic E-state index is -0.460. The zero-order chi connectivity index (χ0) is 13.1. The molecule has 0 aliphatic heterocycles. The van der Waals surface area contributed by atoms with E-state index in [1.165, 1.54) is 0 Å². The molecule has 92 valence electrons. The molecule has 0 bridgehead atoms. The highest BCUT2D eigenvalue weighted by molar-refractivity contribution is 6.23. The Bertz CT molecular complexity index is 436. The summed E-state index contributed by atoms with van der Waals surface area (Å²) in [4.78, 5) is 10.7. The molecule has 0 N–H and O–H groups in total. The Morgan fingerprint density at radius 2 is 2.24 bits per heavy atom. The first kappa shape index (κ1) is 13.8. The molecule has 0 saturated heterocycles. The Morgan fingerprint density at radius 3 is 2.76 bits per heavy atom. The predicted molar refractivity (Wildman–Crippen MR) is 70.5 cm³/mol. The van der Waals surface area contributed by atoms with Gasteiger partial charge in [0, 0.05) is 6.08 Å². The zero-order valence-electron chi connectivity index (χ0n) is 10.4. The highest BCUT2D eigenvalue weighted by Crippen LogP contribution is 2.37. The molecule has 0 spiro atoms. The van der Waals surface area contributed by atoms with Gasteiger partial charge < -0.3 is 4.74 Å². The Labute approximate surface area is 107 Å². The summed E-state index contributed by atoms with van der Waals surface area (Å²) in [6.07, 6.45) is 1.94. The first-order valence-corrected chi connectivity index (χ1v) is 5.93. The van der Waals surface area contributed by atoms with Crippen LogP contribution in [0.3, 0.4) is 0 Å². The van der Waals surface area contributed by atoms with E-state index < -0.39 is 10.8 Å². The van der Waals surface area contributed by atoms with Crippen molar-refractivity contribution in [2.75, 3.05) is 0 Å². The van der Waals surface area contributed by atoms with Gasteiger partial charge in [-0.15, -0.1) is 11.6 Å². The van der Waals surface area contributed by atoms with Crippen LogP contribution in [-0.4, -0.2) is 5.97 Å². The maximum absolute atomic E-state index is 11.2. The van der Waals surface area contributed by atoms with Crippen LogP contribution in [0.4, 0.5) is 0 Å². The number of hydrogen-bond donors (Lipinski definition) is 0. The molecule has 0 amide bonds. The van der Waals surface area contributed by atoms with Gasteiger partial charge in [0.25, 0.3) is 0 Å². The van der Waals surface area contributed by atoms with Crippen molar-refractivity contribution in [2.45, 2.75) is 32.1 Å². The fourth-order valence-electron chi connectivity index (χ4n) is 1.63. The predicted octanol–water partition coefficient (Wildman–Crippen LogP) is 3.95. The third-order valence-electron chi connectivity index (χ3n) is 2.89. The molecule has 1 atom stereocenters. The van der Waals surface area contributed by atoms with Gasteiger partial charge >= 0.3 is 5.97 Å². The van der Waals surface area contributed by atoms with Gasteiger partial charge in [0.05, 0.1) is 4.87 Å². The summed E-state index contributed by atoms with van der Waals surface area (Å²) in [5.74, 6) is 0.0748. The maximum Gasteiger partial charge on any atom is 0.335 e. The van der Waals surface area contributed by atoms with Crippen LogP contribution in [0.5, 0.6) is 5.75 Å². The van der Waals surface area contributed by atoms with Crippen LogP contribution < -0.4 is 4.74 Å². The van der Waals surface area contributed by atoms with Crippen molar-refractivity contribution in [1.82, 2.24) is 0 Å². The van der Waals surface area contributed by atoms with Crippen LogP contribution in [0, 0.1) is 6.92 Å². The van der Waals surface area contributed by atoms with Crippen LogP contribution in [0.1, 0.15) is 31.4 Å². The molecule has 1 aromatic rings. The van der Waals surface area contributed by atoms with E-state index >= 15 is 0 Å². The van der Waals surface area contributed by atoms with Crippen molar-refractivity contribution in [3.63, 3.8) is 0 Å². The largest absolute Gasteiger partial charge is 0.423 e. The van der Waals surface area contributed by atoms with Crippen LogP contribution in [0.25, 0.3) is 0 Å². The Balaban J connectivity index is 3.16. The molecule has 3 heteroatoms. The molecule has 0 radical (unpaired) electrons. The van der Waals surface area contributed by atoms with Crippen LogP contribution in [0.15, 0.2) is 30.9 Å². The molecule has 0 aromatic heterocycles. The molecule has 0 fully saturated rings. The Hall–Kier alpha value is -1.28. The third-order valence-corrected chi connectivity index (χ3v) is 3.36. The summed E-state index contributed by atoms with van der Waals surface area (Å²) in [6.45, 7) is 9.25. The molecule has 17 heavy (non-hydrogen) atoms. The van der Waals surface area contributed by atoms with Gasteiger partial charge in [0.15, 0.2) is 0 Å². The summed E-state index contributed by atoms with van der Waals surface area (Å²) in [6, 6.07) is 5.55. The third kappa shape index (κ3) is 3.10. The zero-order valence-corrected chi connectivity index (χ0v) is 11.2. The summed E-state index contributed by atoms with van der Waals surface area (Å²) in [7, 11) is 0. The lowest BCUT2D eigenvalue weighted by molar-refractivity contribution is -0.129. The standard InChI is InChI=1S/C14H17ClO2/c1-5-13(16)17-12-9-7-8-11(10(12)3)14(4,15)6-2/h5,7-9H,1,6H2,2-4H3. The quantitative estimate of drug-likeness (QED) is 0.351. The lowest BCUT2D eigenvalue weighted by Gasteiger charge is -2.23. The second-order valence-electron chi connectivity index (χ2n) is 4.10. The number of carbonyl (C=O) groups excluding carboxylic acids is 1.